The summed E-state index contributed by atoms with van der Waals surface area (Å²) in [5.41, 5.74) is 0.998. The van der Waals surface area contributed by atoms with Crippen LogP contribution >= 0.6 is 15.9 Å². The minimum absolute atomic E-state index is 0.0529. The van der Waals surface area contributed by atoms with Crippen LogP contribution in [0.4, 0.5) is 5.69 Å². The predicted octanol–water partition coefficient (Wildman–Crippen LogP) is 2.22. The summed E-state index contributed by atoms with van der Waals surface area (Å²) in [6.45, 7) is 2.64. The summed E-state index contributed by atoms with van der Waals surface area (Å²) in [5, 5.41) is 22.8. The zero-order chi connectivity index (χ0) is 12.8. The first-order valence-corrected chi connectivity index (χ1v) is 6.14. The molecule has 5 nitrogen and oxygen atoms in total. The molecular weight excluding hydrogens is 288 g/mol. The summed E-state index contributed by atoms with van der Waals surface area (Å²) >= 11 is 3.30. The van der Waals surface area contributed by atoms with Crippen LogP contribution in [0.25, 0.3) is 0 Å². The number of hydrogen-bond acceptors (Lipinski definition) is 4. The van der Waals surface area contributed by atoms with E-state index >= 15 is 0 Å². The molecule has 0 bridgehead atoms. The molecule has 0 amide bonds. The van der Waals surface area contributed by atoms with Crippen molar-refractivity contribution in [3.63, 3.8) is 0 Å². The fraction of sp³-hybridized carbons (Fsp3) is 0.455. The van der Waals surface area contributed by atoms with E-state index in [1.165, 1.54) is 12.1 Å². The molecule has 6 heteroatoms. The van der Waals surface area contributed by atoms with Crippen LogP contribution in [0.1, 0.15) is 18.9 Å². The van der Waals surface area contributed by atoms with Crippen LogP contribution in [0.2, 0.25) is 0 Å². The number of benzene rings is 1. The van der Waals surface area contributed by atoms with Gasteiger partial charge in [0.15, 0.2) is 0 Å². The molecule has 1 atom stereocenters. The highest BCUT2D eigenvalue weighted by Crippen LogP contribution is 2.22. The molecule has 0 aliphatic carbocycles. The van der Waals surface area contributed by atoms with E-state index in [4.69, 9.17) is 5.11 Å². The summed E-state index contributed by atoms with van der Waals surface area (Å²) in [4.78, 5) is 10.1. The molecule has 0 aliphatic heterocycles. The van der Waals surface area contributed by atoms with Crippen LogP contribution < -0.4 is 5.32 Å². The van der Waals surface area contributed by atoms with Gasteiger partial charge in [-0.25, -0.2) is 0 Å². The van der Waals surface area contributed by atoms with E-state index in [-0.39, 0.29) is 18.3 Å². The lowest BCUT2D eigenvalue weighted by molar-refractivity contribution is -0.384. The Morgan fingerprint density at radius 3 is 2.76 bits per heavy atom. The number of nitro benzene ring substituents is 1. The normalized spacial score (nSPS) is 12.4. The van der Waals surface area contributed by atoms with Gasteiger partial charge in [-0.3, -0.25) is 10.1 Å². The van der Waals surface area contributed by atoms with E-state index in [1.54, 1.807) is 6.07 Å². The second-order valence-electron chi connectivity index (χ2n) is 3.70. The molecule has 0 aromatic heterocycles. The Morgan fingerprint density at radius 2 is 2.29 bits per heavy atom. The van der Waals surface area contributed by atoms with Gasteiger partial charge < -0.3 is 10.4 Å². The van der Waals surface area contributed by atoms with Crippen molar-refractivity contribution in [2.24, 2.45) is 0 Å². The third kappa shape index (κ3) is 4.07. The van der Waals surface area contributed by atoms with Crippen molar-refractivity contribution in [1.82, 2.24) is 5.32 Å². The molecule has 17 heavy (non-hydrogen) atoms. The standard InChI is InChI=1S/C11H15BrN2O3/c1-2-9(7-15)13-6-8-3-4-10(14(16)17)5-11(8)12/h3-5,9,13,15H,2,6-7H2,1H3. The van der Waals surface area contributed by atoms with Gasteiger partial charge in [0, 0.05) is 29.2 Å². The van der Waals surface area contributed by atoms with E-state index < -0.39 is 4.92 Å². The summed E-state index contributed by atoms with van der Waals surface area (Å²) in [5.74, 6) is 0. The van der Waals surface area contributed by atoms with Gasteiger partial charge in [-0.1, -0.05) is 22.9 Å². The molecule has 0 heterocycles. The average molecular weight is 303 g/mol. The number of halogens is 1. The summed E-state index contributed by atoms with van der Waals surface area (Å²) in [6, 6.07) is 4.72. The quantitative estimate of drug-likeness (QED) is 0.624. The third-order valence-corrected chi connectivity index (χ3v) is 3.28. The van der Waals surface area contributed by atoms with Gasteiger partial charge in [0.25, 0.3) is 5.69 Å². The molecule has 1 rings (SSSR count). The number of aliphatic hydroxyl groups is 1. The Kier molecular flexibility index (Phi) is 5.54. The van der Waals surface area contributed by atoms with Crippen molar-refractivity contribution < 1.29 is 10.0 Å². The van der Waals surface area contributed by atoms with E-state index in [0.29, 0.717) is 11.0 Å². The summed E-state index contributed by atoms with van der Waals surface area (Å²) in [6.07, 6.45) is 0.834. The van der Waals surface area contributed by atoms with E-state index in [2.05, 4.69) is 21.2 Å². The highest BCUT2D eigenvalue weighted by molar-refractivity contribution is 9.10. The van der Waals surface area contributed by atoms with Crippen LogP contribution in [0.3, 0.4) is 0 Å². The lowest BCUT2D eigenvalue weighted by Crippen LogP contribution is -2.31. The molecule has 94 valence electrons. The maximum atomic E-state index is 10.6. The molecule has 0 radical (unpaired) electrons. The number of hydrogen-bond donors (Lipinski definition) is 2. The zero-order valence-electron chi connectivity index (χ0n) is 9.52. The first-order valence-electron chi connectivity index (χ1n) is 5.35. The van der Waals surface area contributed by atoms with Crippen molar-refractivity contribution in [2.75, 3.05) is 6.61 Å². The Labute approximate surface area is 108 Å². The van der Waals surface area contributed by atoms with E-state index in [9.17, 15) is 10.1 Å². The minimum Gasteiger partial charge on any atom is -0.395 e. The number of rotatable bonds is 6. The van der Waals surface area contributed by atoms with Crippen molar-refractivity contribution >= 4 is 21.6 Å². The Bertz CT molecular complexity index is 394. The van der Waals surface area contributed by atoms with Crippen LogP contribution in [-0.2, 0) is 6.54 Å². The Morgan fingerprint density at radius 1 is 1.59 bits per heavy atom. The van der Waals surface area contributed by atoms with Crippen LogP contribution in [0.5, 0.6) is 0 Å². The second kappa shape index (κ2) is 6.68. The molecule has 0 fully saturated rings. The van der Waals surface area contributed by atoms with Gasteiger partial charge in [0.2, 0.25) is 0 Å². The van der Waals surface area contributed by atoms with Gasteiger partial charge in [0.05, 0.1) is 11.5 Å². The smallest absolute Gasteiger partial charge is 0.270 e. The SMILES string of the molecule is CCC(CO)NCc1ccc([N+](=O)[O-])cc1Br. The third-order valence-electron chi connectivity index (χ3n) is 2.54. The van der Waals surface area contributed by atoms with Crippen LogP contribution in [-0.4, -0.2) is 22.7 Å². The molecule has 1 aromatic carbocycles. The topological polar surface area (TPSA) is 75.4 Å². The number of aliphatic hydroxyl groups excluding tert-OH is 1. The molecule has 0 saturated heterocycles. The number of nitro groups is 1. The monoisotopic (exact) mass is 302 g/mol. The highest BCUT2D eigenvalue weighted by Gasteiger charge is 2.10. The predicted molar refractivity (Wildman–Crippen MR) is 68.8 cm³/mol. The number of nitrogens with zero attached hydrogens (tertiary/aromatic N) is 1. The number of nitrogens with one attached hydrogen (secondary N) is 1. The second-order valence-corrected chi connectivity index (χ2v) is 4.56. The zero-order valence-corrected chi connectivity index (χ0v) is 11.1. The maximum Gasteiger partial charge on any atom is 0.270 e. The lowest BCUT2D eigenvalue weighted by atomic mass is 10.2. The van der Waals surface area contributed by atoms with Crippen LogP contribution in [0, 0.1) is 10.1 Å². The van der Waals surface area contributed by atoms with Crippen molar-refractivity contribution in [3.8, 4) is 0 Å². The van der Waals surface area contributed by atoms with E-state index in [0.717, 1.165) is 12.0 Å². The fourth-order valence-electron chi connectivity index (χ4n) is 1.39. The first kappa shape index (κ1) is 14.1. The molecule has 1 aromatic rings. The first-order chi connectivity index (χ1) is 8.08. The summed E-state index contributed by atoms with van der Waals surface area (Å²) in [7, 11) is 0. The van der Waals surface area contributed by atoms with Crippen molar-refractivity contribution in [2.45, 2.75) is 25.9 Å². The van der Waals surface area contributed by atoms with Gasteiger partial charge in [-0.2, -0.15) is 0 Å². The van der Waals surface area contributed by atoms with Gasteiger partial charge >= 0.3 is 0 Å². The lowest BCUT2D eigenvalue weighted by Gasteiger charge is -2.14. The van der Waals surface area contributed by atoms with Gasteiger partial charge in [-0.15, -0.1) is 0 Å². The molecule has 0 spiro atoms. The average Bonchev–Trinajstić information content (AvgIpc) is 2.31. The van der Waals surface area contributed by atoms with E-state index in [1.807, 2.05) is 6.92 Å². The largest absolute Gasteiger partial charge is 0.395 e. The molecule has 2 N–H and O–H groups in total. The van der Waals surface area contributed by atoms with Crippen LogP contribution in [0.15, 0.2) is 22.7 Å². The molecule has 1 unspecified atom stereocenters. The maximum absolute atomic E-state index is 10.6. The van der Waals surface area contributed by atoms with Crippen molar-refractivity contribution in [3.05, 3.63) is 38.3 Å². The molecular formula is C11H15BrN2O3. The van der Waals surface area contributed by atoms with Crippen molar-refractivity contribution in [1.29, 1.82) is 0 Å². The molecule has 0 saturated carbocycles. The summed E-state index contributed by atoms with van der Waals surface area (Å²) < 4.78 is 0.701. The van der Waals surface area contributed by atoms with Gasteiger partial charge in [-0.05, 0) is 18.1 Å². The fourth-order valence-corrected chi connectivity index (χ4v) is 1.89. The Balaban J connectivity index is 2.69. The highest BCUT2D eigenvalue weighted by atomic mass is 79.9. The number of non-ortho nitro benzene ring substituents is 1. The van der Waals surface area contributed by atoms with Gasteiger partial charge in [0.1, 0.15) is 0 Å². The minimum atomic E-state index is -0.426. The Hall–Kier alpha value is -0.980. The molecule has 0 aliphatic rings.